The molecule has 0 aromatic heterocycles. The standard InChI is InChI=1S/C17H21N3S/c1-4-20-15-7-5-6-8-16(15)21-17(20)18-13-9-11-14(12-10-13)19(2)3/h5-12,17-18H,4H2,1-3H3. The van der Waals surface area contributed by atoms with Crippen LogP contribution in [0, 0.1) is 0 Å². The van der Waals surface area contributed by atoms with Gasteiger partial charge in [0.2, 0.25) is 0 Å². The molecule has 0 fully saturated rings. The van der Waals surface area contributed by atoms with E-state index in [2.05, 4.69) is 84.7 Å². The Morgan fingerprint density at radius 1 is 1.10 bits per heavy atom. The summed E-state index contributed by atoms with van der Waals surface area (Å²) in [4.78, 5) is 5.86. The van der Waals surface area contributed by atoms with Gasteiger partial charge < -0.3 is 15.1 Å². The predicted octanol–water partition coefficient (Wildman–Crippen LogP) is 4.08. The number of thioether (sulfide) groups is 1. The minimum atomic E-state index is 0.262. The zero-order valence-electron chi connectivity index (χ0n) is 12.7. The van der Waals surface area contributed by atoms with E-state index in [1.165, 1.54) is 16.3 Å². The molecule has 0 amide bonds. The third-order valence-corrected chi connectivity index (χ3v) is 4.91. The molecule has 1 aliphatic heterocycles. The van der Waals surface area contributed by atoms with Crippen LogP contribution in [0.2, 0.25) is 0 Å². The van der Waals surface area contributed by atoms with Gasteiger partial charge >= 0.3 is 0 Å². The molecule has 0 aliphatic carbocycles. The molecule has 4 heteroatoms. The van der Waals surface area contributed by atoms with Crippen molar-refractivity contribution in [2.24, 2.45) is 0 Å². The van der Waals surface area contributed by atoms with Crippen LogP contribution in [0.4, 0.5) is 17.1 Å². The molecule has 2 aromatic rings. The lowest BCUT2D eigenvalue weighted by molar-refractivity contribution is 0.843. The van der Waals surface area contributed by atoms with E-state index >= 15 is 0 Å². The molecule has 21 heavy (non-hydrogen) atoms. The van der Waals surface area contributed by atoms with E-state index in [1.807, 2.05) is 11.8 Å². The Labute approximate surface area is 131 Å². The van der Waals surface area contributed by atoms with Gasteiger partial charge in [-0.2, -0.15) is 0 Å². The fraction of sp³-hybridized carbons (Fsp3) is 0.294. The molecule has 1 N–H and O–H groups in total. The van der Waals surface area contributed by atoms with Crippen LogP contribution in [0.5, 0.6) is 0 Å². The van der Waals surface area contributed by atoms with Crippen LogP contribution >= 0.6 is 11.8 Å². The predicted molar refractivity (Wildman–Crippen MR) is 93.5 cm³/mol. The number of hydrogen-bond donors (Lipinski definition) is 1. The molecule has 0 saturated heterocycles. The van der Waals surface area contributed by atoms with Crippen molar-refractivity contribution in [2.45, 2.75) is 17.3 Å². The molecule has 3 nitrogen and oxygen atoms in total. The van der Waals surface area contributed by atoms with Gasteiger partial charge in [-0.1, -0.05) is 23.9 Å². The van der Waals surface area contributed by atoms with Crippen LogP contribution in [0.15, 0.2) is 53.4 Å². The molecule has 0 saturated carbocycles. The Bertz CT molecular complexity index is 610. The third kappa shape index (κ3) is 2.81. The van der Waals surface area contributed by atoms with Crippen molar-refractivity contribution in [3.8, 4) is 0 Å². The van der Waals surface area contributed by atoms with E-state index in [0.717, 1.165) is 12.2 Å². The summed E-state index contributed by atoms with van der Waals surface area (Å²) in [7, 11) is 4.12. The minimum Gasteiger partial charge on any atom is -0.378 e. The number of anilines is 3. The number of nitrogens with zero attached hydrogens (tertiary/aromatic N) is 2. The van der Waals surface area contributed by atoms with Crippen LogP contribution in [-0.4, -0.2) is 26.1 Å². The third-order valence-electron chi connectivity index (χ3n) is 3.71. The quantitative estimate of drug-likeness (QED) is 0.916. The highest BCUT2D eigenvalue weighted by atomic mass is 32.2. The Hall–Kier alpha value is -1.81. The van der Waals surface area contributed by atoms with Gasteiger partial charge in [0.1, 0.15) is 0 Å². The van der Waals surface area contributed by atoms with Gasteiger partial charge in [0, 0.05) is 36.9 Å². The van der Waals surface area contributed by atoms with Crippen molar-refractivity contribution in [3.05, 3.63) is 48.5 Å². The molecular weight excluding hydrogens is 278 g/mol. The van der Waals surface area contributed by atoms with Gasteiger partial charge in [-0.15, -0.1) is 0 Å². The van der Waals surface area contributed by atoms with Crippen LogP contribution in [0.25, 0.3) is 0 Å². The van der Waals surface area contributed by atoms with E-state index in [9.17, 15) is 0 Å². The Morgan fingerprint density at radius 2 is 1.81 bits per heavy atom. The molecule has 0 bridgehead atoms. The van der Waals surface area contributed by atoms with E-state index < -0.39 is 0 Å². The average Bonchev–Trinajstić information content (AvgIpc) is 2.84. The summed E-state index contributed by atoms with van der Waals surface area (Å²) in [5.41, 5.74) is 3.96. The summed E-state index contributed by atoms with van der Waals surface area (Å²) in [6.45, 7) is 3.20. The smallest absolute Gasteiger partial charge is 0.152 e. The van der Waals surface area contributed by atoms with Crippen LogP contribution in [-0.2, 0) is 0 Å². The van der Waals surface area contributed by atoms with Crippen molar-refractivity contribution in [3.63, 3.8) is 0 Å². The lowest BCUT2D eigenvalue weighted by Gasteiger charge is -2.26. The molecule has 0 spiro atoms. The summed E-state index contributed by atoms with van der Waals surface area (Å²) in [5.74, 6) is 0. The van der Waals surface area contributed by atoms with Gasteiger partial charge in [0.05, 0.1) is 5.69 Å². The molecule has 1 atom stereocenters. The highest BCUT2D eigenvalue weighted by molar-refractivity contribution is 8.00. The van der Waals surface area contributed by atoms with Crippen molar-refractivity contribution in [1.29, 1.82) is 0 Å². The zero-order chi connectivity index (χ0) is 14.8. The Kier molecular flexibility index (Phi) is 3.97. The van der Waals surface area contributed by atoms with Crippen LogP contribution in [0.1, 0.15) is 6.92 Å². The molecule has 1 heterocycles. The summed E-state index contributed by atoms with van der Waals surface area (Å²) in [6, 6.07) is 17.2. The van der Waals surface area contributed by atoms with Crippen molar-refractivity contribution >= 4 is 28.8 Å². The van der Waals surface area contributed by atoms with Gasteiger partial charge in [-0.3, -0.25) is 0 Å². The topological polar surface area (TPSA) is 18.5 Å². The van der Waals surface area contributed by atoms with Gasteiger partial charge in [0.25, 0.3) is 0 Å². The highest BCUT2D eigenvalue weighted by Crippen LogP contribution is 2.43. The number of hydrogen-bond acceptors (Lipinski definition) is 4. The molecular formula is C17H21N3S. The first-order valence-corrected chi connectivity index (χ1v) is 8.13. The second-order valence-electron chi connectivity index (χ2n) is 5.31. The average molecular weight is 299 g/mol. The fourth-order valence-electron chi connectivity index (χ4n) is 2.55. The molecule has 1 aliphatic rings. The first-order valence-electron chi connectivity index (χ1n) is 7.25. The highest BCUT2D eigenvalue weighted by Gasteiger charge is 2.28. The maximum absolute atomic E-state index is 3.63. The van der Waals surface area contributed by atoms with Crippen molar-refractivity contribution in [1.82, 2.24) is 0 Å². The van der Waals surface area contributed by atoms with Gasteiger partial charge in [-0.05, 0) is 43.3 Å². The maximum Gasteiger partial charge on any atom is 0.152 e. The van der Waals surface area contributed by atoms with E-state index in [1.54, 1.807) is 0 Å². The monoisotopic (exact) mass is 299 g/mol. The summed E-state index contributed by atoms with van der Waals surface area (Å²) < 4.78 is 0. The summed E-state index contributed by atoms with van der Waals surface area (Å²) in [5, 5.41) is 3.63. The maximum atomic E-state index is 3.63. The summed E-state index contributed by atoms with van der Waals surface area (Å²) >= 11 is 1.88. The molecule has 110 valence electrons. The molecule has 1 unspecified atom stereocenters. The van der Waals surface area contributed by atoms with Crippen molar-refractivity contribution < 1.29 is 0 Å². The lowest BCUT2D eigenvalue weighted by Crippen LogP contribution is -2.35. The van der Waals surface area contributed by atoms with Crippen LogP contribution in [0.3, 0.4) is 0 Å². The van der Waals surface area contributed by atoms with Gasteiger partial charge in [0.15, 0.2) is 5.50 Å². The fourth-order valence-corrected chi connectivity index (χ4v) is 3.83. The van der Waals surface area contributed by atoms with Gasteiger partial charge in [-0.25, -0.2) is 0 Å². The second-order valence-corrected chi connectivity index (χ2v) is 6.43. The lowest BCUT2D eigenvalue weighted by atomic mass is 10.2. The Balaban J connectivity index is 1.76. The number of para-hydroxylation sites is 1. The largest absolute Gasteiger partial charge is 0.378 e. The molecule has 3 rings (SSSR count). The van der Waals surface area contributed by atoms with E-state index in [4.69, 9.17) is 0 Å². The van der Waals surface area contributed by atoms with Crippen LogP contribution < -0.4 is 15.1 Å². The normalized spacial score (nSPS) is 16.7. The SMILES string of the molecule is CCN1c2ccccc2SC1Nc1ccc(N(C)C)cc1. The first kappa shape index (κ1) is 14.1. The summed E-state index contributed by atoms with van der Waals surface area (Å²) in [6.07, 6.45) is 0. The minimum absolute atomic E-state index is 0.262. The van der Waals surface area contributed by atoms with Crippen molar-refractivity contribution in [2.75, 3.05) is 35.8 Å². The molecule has 0 radical (unpaired) electrons. The second kappa shape index (κ2) is 5.90. The number of nitrogens with one attached hydrogen (secondary N) is 1. The van der Waals surface area contributed by atoms with E-state index in [-0.39, 0.29) is 5.50 Å². The number of rotatable bonds is 4. The number of fused-ring (bicyclic) bond motifs is 1. The van der Waals surface area contributed by atoms with E-state index in [0.29, 0.717) is 0 Å². The zero-order valence-corrected chi connectivity index (χ0v) is 13.5. The Morgan fingerprint density at radius 3 is 2.48 bits per heavy atom. The molecule has 2 aromatic carbocycles. The number of benzene rings is 2. The first-order chi connectivity index (χ1) is 10.2.